The first-order valence-electron chi connectivity index (χ1n) is 8.16. The van der Waals surface area contributed by atoms with Gasteiger partial charge in [-0.3, -0.25) is 0 Å². The van der Waals surface area contributed by atoms with Gasteiger partial charge in [-0.1, -0.05) is 42.5 Å². The van der Waals surface area contributed by atoms with Crippen LogP contribution in [0.4, 0.5) is 0 Å². The Bertz CT molecular complexity index is 851. The van der Waals surface area contributed by atoms with Crippen molar-refractivity contribution in [3.05, 3.63) is 66.0 Å². The molecule has 2 aromatic carbocycles. The number of ether oxygens (including phenoxy) is 2. The first-order valence-corrected chi connectivity index (χ1v) is 8.16. The molecule has 1 aromatic heterocycles. The predicted molar refractivity (Wildman–Crippen MR) is 98.0 cm³/mol. The molecule has 0 aliphatic carbocycles. The number of nitrogens with zero attached hydrogens (tertiary/aromatic N) is 2. The van der Waals surface area contributed by atoms with Gasteiger partial charge in [-0.05, 0) is 31.5 Å². The summed E-state index contributed by atoms with van der Waals surface area (Å²) in [5, 5.41) is 0. The van der Waals surface area contributed by atoms with Crippen molar-refractivity contribution in [2.24, 2.45) is 5.73 Å². The zero-order chi connectivity index (χ0) is 17.6. The average Bonchev–Trinajstić information content (AvgIpc) is 2.63. The molecule has 0 fully saturated rings. The predicted octanol–water partition coefficient (Wildman–Crippen LogP) is 3.75. The quantitative estimate of drug-likeness (QED) is 0.743. The first-order chi connectivity index (χ1) is 12.2. The van der Waals surface area contributed by atoms with Crippen LogP contribution in [0.3, 0.4) is 0 Å². The summed E-state index contributed by atoms with van der Waals surface area (Å²) in [6, 6.07) is 17.6. The fourth-order valence-corrected chi connectivity index (χ4v) is 2.64. The summed E-state index contributed by atoms with van der Waals surface area (Å²) in [7, 11) is 1.62. The van der Waals surface area contributed by atoms with Crippen LogP contribution in [-0.2, 0) is 6.42 Å². The summed E-state index contributed by atoms with van der Waals surface area (Å²) < 4.78 is 11.5. The number of methoxy groups -OCH3 is 1. The van der Waals surface area contributed by atoms with Crippen molar-refractivity contribution in [1.82, 2.24) is 9.97 Å². The normalized spacial score (nSPS) is 10.5. The minimum absolute atomic E-state index is 0.481. The smallest absolute Gasteiger partial charge is 0.223 e. The van der Waals surface area contributed by atoms with E-state index in [1.54, 1.807) is 7.11 Å². The number of para-hydroxylation sites is 1. The molecule has 1 heterocycles. The Morgan fingerprint density at radius 1 is 1.00 bits per heavy atom. The highest BCUT2D eigenvalue weighted by atomic mass is 16.5. The van der Waals surface area contributed by atoms with Gasteiger partial charge < -0.3 is 15.2 Å². The molecule has 2 N–H and O–H groups in total. The number of nitrogens with two attached hydrogens (primary N) is 1. The van der Waals surface area contributed by atoms with Crippen LogP contribution < -0.4 is 15.2 Å². The second-order valence-corrected chi connectivity index (χ2v) is 5.59. The molecular formula is C20H21N3O2. The van der Waals surface area contributed by atoms with Crippen molar-refractivity contribution in [1.29, 1.82) is 0 Å². The summed E-state index contributed by atoms with van der Waals surface area (Å²) in [6.45, 7) is 2.38. The van der Waals surface area contributed by atoms with Crippen LogP contribution in [0.25, 0.3) is 11.3 Å². The minimum atomic E-state index is 0.481. The van der Waals surface area contributed by atoms with Gasteiger partial charge in [-0.15, -0.1) is 0 Å². The van der Waals surface area contributed by atoms with E-state index in [1.165, 1.54) is 0 Å². The number of hydrogen-bond acceptors (Lipinski definition) is 5. The van der Waals surface area contributed by atoms with Gasteiger partial charge in [0, 0.05) is 11.6 Å². The van der Waals surface area contributed by atoms with Gasteiger partial charge in [0.15, 0.2) is 11.5 Å². The van der Waals surface area contributed by atoms with E-state index in [1.807, 2.05) is 61.5 Å². The first kappa shape index (κ1) is 16.9. The second kappa shape index (κ2) is 7.77. The van der Waals surface area contributed by atoms with Crippen LogP contribution in [0.5, 0.6) is 17.4 Å². The van der Waals surface area contributed by atoms with Gasteiger partial charge in [-0.25, -0.2) is 4.98 Å². The average molecular weight is 335 g/mol. The Morgan fingerprint density at radius 3 is 2.52 bits per heavy atom. The van der Waals surface area contributed by atoms with E-state index in [0.717, 1.165) is 16.8 Å². The Morgan fingerprint density at radius 2 is 1.80 bits per heavy atom. The SMILES string of the molecule is COc1cccc(CCN)c1Oc1cc(-c2ccccc2)nc(C)n1. The molecule has 5 heteroatoms. The topological polar surface area (TPSA) is 70.3 Å². The van der Waals surface area contributed by atoms with E-state index >= 15 is 0 Å². The van der Waals surface area contributed by atoms with Crippen LogP contribution in [0.15, 0.2) is 54.6 Å². The molecule has 0 unspecified atom stereocenters. The van der Waals surface area contributed by atoms with E-state index in [0.29, 0.717) is 36.2 Å². The number of rotatable bonds is 6. The third kappa shape index (κ3) is 3.95. The van der Waals surface area contributed by atoms with Crippen molar-refractivity contribution in [3.63, 3.8) is 0 Å². The summed E-state index contributed by atoms with van der Waals surface area (Å²) in [5.41, 5.74) is 8.53. The van der Waals surface area contributed by atoms with Crippen molar-refractivity contribution < 1.29 is 9.47 Å². The third-order valence-corrected chi connectivity index (χ3v) is 3.78. The standard InChI is InChI=1S/C20H21N3O2/c1-14-22-17(15-7-4-3-5-8-15)13-19(23-14)25-20-16(11-12-21)9-6-10-18(20)24-2/h3-10,13H,11-12,21H2,1-2H3. The molecule has 0 spiro atoms. The maximum Gasteiger partial charge on any atom is 0.223 e. The van der Waals surface area contributed by atoms with E-state index in [2.05, 4.69) is 9.97 Å². The van der Waals surface area contributed by atoms with E-state index < -0.39 is 0 Å². The lowest BCUT2D eigenvalue weighted by molar-refractivity contribution is 0.371. The van der Waals surface area contributed by atoms with Gasteiger partial charge >= 0.3 is 0 Å². The van der Waals surface area contributed by atoms with Gasteiger partial charge in [0.05, 0.1) is 12.8 Å². The lowest BCUT2D eigenvalue weighted by Crippen LogP contribution is -2.05. The van der Waals surface area contributed by atoms with Crippen molar-refractivity contribution in [2.45, 2.75) is 13.3 Å². The third-order valence-electron chi connectivity index (χ3n) is 3.78. The molecule has 5 nitrogen and oxygen atoms in total. The van der Waals surface area contributed by atoms with Crippen molar-refractivity contribution >= 4 is 0 Å². The number of aromatic nitrogens is 2. The van der Waals surface area contributed by atoms with E-state index in [9.17, 15) is 0 Å². The van der Waals surface area contributed by atoms with Crippen LogP contribution >= 0.6 is 0 Å². The van der Waals surface area contributed by atoms with Gasteiger partial charge in [0.1, 0.15) is 5.82 Å². The Kier molecular flexibility index (Phi) is 5.26. The van der Waals surface area contributed by atoms with E-state index in [4.69, 9.17) is 15.2 Å². The molecular weight excluding hydrogens is 314 g/mol. The number of hydrogen-bond donors (Lipinski definition) is 1. The highest BCUT2D eigenvalue weighted by Crippen LogP contribution is 2.35. The molecule has 0 saturated heterocycles. The summed E-state index contributed by atoms with van der Waals surface area (Å²) >= 11 is 0. The van der Waals surface area contributed by atoms with Crippen LogP contribution in [-0.4, -0.2) is 23.6 Å². The molecule has 128 valence electrons. The van der Waals surface area contributed by atoms with Crippen LogP contribution in [0.1, 0.15) is 11.4 Å². The van der Waals surface area contributed by atoms with Crippen LogP contribution in [0.2, 0.25) is 0 Å². The Hall–Kier alpha value is -2.92. The molecule has 3 aromatic rings. The molecule has 0 aliphatic heterocycles. The lowest BCUT2D eigenvalue weighted by atomic mass is 10.1. The highest BCUT2D eigenvalue weighted by Gasteiger charge is 2.13. The molecule has 25 heavy (non-hydrogen) atoms. The van der Waals surface area contributed by atoms with E-state index in [-0.39, 0.29) is 0 Å². The van der Waals surface area contributed by atoms with Gasteiger partial charge in [-0.2, -0.15) is 4.98 Å². The van der Waals surface area contributed by atoms with Crippen molar-refractivity contribution in [3.8, 4) is 28.6 Å². The van der Waals surface area contributed by atoms with Crippen LogP contribution in [0, 0.1) is 6.92 Å². The summed E-state index contributed by atoms with van der Waals surface area (Å²) in [6.07, 6.45) is 0.697. The fourth-order valence-electron chi connectivity index (χ4n) is 2.64. The summed E-state index contributed by atoms with van der Waals surface area (Å²) in [4.78, 5) is 8.92. The summed E-state index contributed by atoms with van der Waals surface area (Å²) in [5.74, 6) is 2.43. The maximum atomic E-state index is 6.10. The Balaban J connectivity index is 2.00. The fraction of sp³-hybridized carbons (Fsp3) is 0.200. The zero-order valence-corrected chi connectivity index (χ0v) is 14.4. The molecule has 0 aliphatic rings. The van der Waals surface area contributed by atoms with Crippen molar-refractivity contribution in [2.75, 3.05) is 13.7 Å². The highest BCUT2D eigenvalue weighted by molar-refractivity contribution is 5.60. The molecule has 3 rings (SSSR count). The molecule has 0 bridgehead atoms. The number of aryl methyl sites for hydroxylation is 1. The maximum absolute atomic E-state index is 6.10. The number of benzene rings is 2. The lowest BCUT2D eigenvalue weighted by Gasteiger charge is -2.14. The molecule has 0 atom stereocenters. The van der Waals surface area contributed by atoms with Gasteiger partial charge in [0.2, 0.25) is 5.88 Å². The minimum Gasteiger partial charge on any atom is -0.493 e. The zero-order valence-electron chi connectivity index (χ0n) is 14.4. The van der Waals surface area contributed by atoms with Gasteiger partial charge in [0.25, 0.3) is 0 Å². The monoisotopic (exact) mass is 335 g/mol. The molecule has 0 saturated carbocycles. The molecule has 0 radical (unpaired) electrons. The Labute approximate surface area is 147 Å². The molecule has 0 amide bonds. The largest absolute Gasteiger partial charge is 0.493 e. The second-order valence-electron chi connectivity index (χ2n) is 5.59.